The molecule has 1 heterocycles. The fourth-order valence-corrected chi connectivity index (χ4v) is 2.28. The van der Waals surface area contributed by atoms with E-state index in [1.54, 1.807) is 0 Å². The summed E-state index contributed by atoms with van der Waals surface area (Å²) in [5.41, 5.74) is 7.58. The van der Waals surface area contributed by atoms with E-state index in [1.807, 2.05) is 24.3 Å². The lowest BCUT2D eigenvalue weighted by atomic mass is 10.1. The number of carbonyl (C=O) groups excluding carboxylic acids is 1. The van der Waals surface area contributed by atoms with Gasteiger partial charge in [0.25, 0.3) is 0 Å². The Kier molecular flexibility index (Phi) is 3.64. The Hall–Kier alpha value is -1.55. The zero-order chi connectivity index (χ0) is 12.3. The van der Waals surface area contributed by atoms with Crippen LogP contribution in [0.5, 0.6) is 0 Å². The quantitative estimate of drug-likeness (QED) is 0.634. The zero-order valence-electron chi connectivity index (χ0n) is 10.1. The second-order valence-corrected chi connectivity index (χ2v) is 4.39. The molecule has 1 saturated heterocycles. The van der Waals surface area contributed by atoms with Crippen molar-refractivity contribution in [3.8, 4) is 0 Å². The molecule has 0 spiro atoms. The highest BCUT2D eigenvalue weighted by Gasteiger charge is 2.31. The van der Waals surface area contributed by atoms with E-state index in [0.717, 1.165) is 31.6 Å². The maximum absolute atomic E-state index is 11.6. The first-order chi connectivity index (χ1) is 8.20. The molecular weight excluding hydrogens is 216 g/mol. The van der Waals surface area contributed by atoms with Gasteiger partial charge in [-0.25, -0.2) is 0 Å². The maximum atomic E-state index is 11.6. The van der Waals surface area contributed by atoms with Crippen LogP contribution >= 0.6 is 0 Å². The first-order valence-corrected chi connectivity index (χ1v) is 5.87. The van der Waals surface area contributed by atoms with E-state index in [9.17, 15) is 4.79 Å². The summed E-state index contributed by atoms with van der Waals surface area (Å²) in [6.45, 7) is 1.73. The van der Waals surface area contributed by atoms with Crippen molar-refractivity contribution in [3.05, 3.63) is 29.8 Å². The lowest BCUT2D eigenvalue weighted by molar-refractivity contribution is -0.146. The second-order valence-electron chi connectivity index (χ2n) is 4.39. The average Bonchev–Trinajstić information content (AvgIpc) is 2.79. The highest BCUT2D eigenvalue weighted by molar-refractivity contribution is 5.75. The number of likely N-dealkylation sites (tertiary alicyclic amines) is 1. The summed E-state index contributed by atoms with van der Waals surface area (Å²) in [5.74, 6) is -0.127. The summed E-state index contributed by atoms with van der Waals surface area (Å²) in [4.78, 5) is 13.7. The molecule has 1 atom stereocenters. The topological polar surface area (TPSA) is 55.6 Å². The van der Waals surface area contributed by atoms with Crippen molar-refractivity contribution in [3.63, 3.8) is 0 Å². The lowest BCUT2D eigenvalue weighted by Crippen LogP contribution is -2.36. The van der Waals surface area contributed by atoms with Crippen molar-refractivity contribution in [1.82, 2.24) is 4.90 Å². The smallest absolute Gasteiger partial charge is 0.323 e. The number of anilines is 1. The van der Waals surface area contributed by atoms with Gasteiger partial charge in [0.1, 0.15) is 6.04 Å². The lowest BCUT2D eigenvalue weighted by Gasteiger charge is -2.22. The van der Waals surface area contributed by atoms with Crippen LogP contribution in [0.25, 0.3) is 0 Å². The summed E-state index contributed by atoms with van der Waals surface area (Å²) in [6.07, 6.45) is 1.94. The summed E-state index contributed by atoms with van der Waals surface area (Å²) in [5, 5.41) is 0. The van der Waals surface area contributed by atoms with Crippen molar-refractivity contribution in [2.24, 2.45) is 0 Å². The number of ether oxygens (including phenoxy) is 1. The molecule has 1 aromatic carbocycles. The van der Waals surface area contributed by atoms with E-state index < -0.39 is 0 Å². The van der Waals surface area contributed by atoms with Crippen LogP contribution in [0.15, 0.2) is 24.3 Å². The fourth-order valence-electron chi connectivity index (χ4n) is 2.28. The molecule has 17 heavy (non-hydrogen) atoms. The van der Waals surface area contributed by atoms with Crippen LogP contribution in [-0.2, 0) is 16.1 Å². The molecule has 2 rings (SSSR count). The number of esters is 1. The van der Waals surface area contributed by atoms with Gasteiger partial charge in [0.15, 0.2) is 0 Å². The minimum atomic E-state index is -0.127. The van der Waals surface area contributed by atoms with Gasteiger partial charge in [-0.05, 0) is 37.1 Å². The van der Waals surface area contributed by atoms with E-state index in [1.165, 1.54) is 12.7 Å². The van der Waals surface area contributed by atoms with Gasteiger partial charge >= 0.3 is 5.97 Å². The van der Waals surface area contributed by atoms with E-state index >= 15 is 0 Å². The largest absolute Gasteiger partial charge is 0.468 e. The molecule has 2 N–H and O–H groups in total. The van der Waals surface area contributed by atoms with Gasteiger partial charge in [0.05, 0.1) is 7.11 Å². The Morgan fingerprint density at radius 2 is 2.18 bits per heavy atom. The van der Waals surface area contributed by atoms with Crippen LogP contribution in [0.1, 0.15) is 18.4 Å². The number of hydrogen-bond acceptors (Lipinski definition) is 4. The zero-order valence-corrected chi connectivity index (χ0v) is 10.1. The van der Waals surface area contributed by atoms with Crippen molar-refractivity contribution < 1.29 is 9.53 Å². The molecule has 4 nitrogen and oxygen atoms in total. The van der Waals surface area contributed by atoms with E-state index in [-0.39, 0.29) is 12.0 Å². The number of methoxy groups -OCH3 is 1. The SMILES string of the molecule is COC(=O)[C@H]1CCCN1Cc1ccc(N)cc1. The number of hydrogen-bond donors (Lipinski definition) is 1. The van der Waals surface area contributed by atoms with E-state index in [2.05, 4.69) is 4.90 Å². The predicted octanol–water partition coefficient (Wildman–Crippen LogP) is 1.41. The maximum Gasteiger partial charge on any atom is 0.323 e. The first-order valence-electron chi connectivity index (χ1n) is 5.87. The molecule has 1 fully saturated rings. The Balaban J connectivity index is 2.02. The van der Waals surface area contributed by atoms with Crippen LogP contribution in [0.3, 0.4) is 0 Å². The van der Waals surface area contributed by atoms with Gasteiger partial charge < -0.3 is 10.5 Å². The van der Waals surface area contributed by atoms with Crippen molar-refractivity contribution in [2.45, 2.75) is 25.4 Å². The second kappa shape index (κ2) is 5.19. The minimum Gasteiger partial charge on any atom is -0.468 e. The molecule has 1 aliphatic heterocycles. The van der Waals surface area contributed by atoms with Gasteiger partial charge in [-0.15, -0.1) is 0 Å². The number of benzene rings is 1. The number of nitrogen functional groups attached to an aromatic ring is 1. The normalized spacial score (nSPS) is 20.4. The third-order valence-corrected chi connectivity index (χ3v) is 3.20. The Morgan fingerprint density at radius 3 is 2.82 bits per heavy atom. The minimum absolute atomic E-state index is 0.0856. The van der Waals surface area contributed by atoms with Crippen LogP contribution < -0.4 is 5.73 Å². The van der Waals surface area contributed by atoms with Crippen LogP contribution in [-0.4, -0.2) is 30.6 Å². The molecule has 0 saturated carbocycles. The molecule has 0 aromatic heterocycles. The highest BCUT2D eigenvalue weighted by Crippen LogP contribution is 2.21. The van der Waals surface area contributed by atoms with Crippen molar-refractivity contribution >= 4 is 11.7 Å². The summed E-state index contributed by atoms with van der Waals surface area (Å²) >= 11 is 0. The van der Waals surface area contributed by atoms with Gasteiger partial charge in [0, 0.05) is 12.2 Å². The van der Waals surface area contributed by atoms with Gasteiger partial charge in [-0.1, -0.05) is 12.1 Å². The van der Waals surface area contributed by atoms with E-state index in [0.29, 0.717) is 0 Å². The number of carbonyl (C=O) groups is 1. The highest BCUT2D eigenvalue weighted by atomic mass is 16.5. The van der Waals surface area contributed by atoms with Gasteiger partial charge in [-0.3, -0.25) is 9.69 Å². The Bertz CT molecular complexity index is 389. The molecule has 0 bridgehead atoms. The first kappa shape index (κ1) is 11.9. The summed E-state index contributed by atoms with van der Waals surface area (Å²) in [7, 11) is 1.45. The van der Waals surface area contributed by atoms with Crippen LogP contribution in [0.2, 0.25) is 0 Å². The van der Waals surface area contributed by atoms with E-state index in [4.69, 9.17) is 10.5 Å². The molecule has 0 radical (unpaired) electrons. The monoisotopic (exact) mass is 234 g/mol. The fraction of sp³-hybridized carbons (Fsp3) is 0.462. The molecule has 92 valence electrons. The number of nitrogens with zero attached hydrogens (tertiary/aromatic N) is 1. The van der Waals surface area contributed by atoms with Gasteiger partial charge in [0.2, 0.25) is 0 Å². The Morgan fingerprint density at radius 1 is 1.47 bits per heavy atom. The third kappa shape index (κ3) is 2.77. The van der Waals surface area contributed by atoms with Crippen molar-refractivity contribution in [2.75, 3.05) is 19.4 Å². The molecule has 0 amide bonds. The molecular formula is C13H18N2O2. The molecule has 0 aliphatic carbocycles. The van der Waals surface area contributed by atoms with Crippen LogP contribution in [0, 0.1) is 0 Å². The molecule has 1 aromatic rings. The average molecular weight is 234 g/mol. The number of nitrogens with two attached hydrogens (primary N) is 1. The molecule has 0 unspecified atom stereocenters. The standard InChI is InChI=1S/C13H18N2O2/c1-17-13(16)12-3-2-8-15(12)9-10-4-6-11(14)7-5-10/h4-7,12H,2-3,8-9,14H2,1H3/t12-/m1/s1. The third-order valence-electron chi connectivity index (χ3n) is 3.20. The van der Waals surface area contributed by atoms with Crippen molar-refractivity contribution in [1.29, 1.82) is 0 Å². The summed E-state index contributed by atoms with van der Waals surface area (Å²) in [6, 6.07) is 7.69. The predicted molar refractivity (Wildman–Crippen MR) is 66.3 cm³/mol. The Labute approximate surface area is 101 Å². The van der Waals surface area contributed by atoms with Gasteiger partial charge in [-0.2, -0.15) is 0 Å². The molecule has 1 aliphatic rings. The molecule has 4 heteroatoms. The van der Waals surface area contributed by atoms with Crippen LogP contribution in [0.4, 0.5) is 5.69 Å². The summed E-state index contributed by atoms with van der Waals surface area (Å²) < 4.78 is 4.82. The number of rotatable bonds is 3.